The Morgan fingerprint density at radius 2 is 1.81 bits per heavy atom. The van der Waals surface area contributed by atoms with E-state index in [1.807, 2.05) is 49.4 Å². The van der Waals surface area contributed by atoms with Gasteiger partial charge in [0.05, 0.1) is 0 Å². The molecule has 21 heavy (non-hydrogen) atoms. The van der Waals surface area contributed by atoms with Crippen molar-refractivity contribution in [2.45, 2.75) is 18.6 Å². The van der Waals surface area contributed by atoms with Crippen LogP contribution < -0.4 is 5.14 Å². The lowest BCUT2D eigenvalue weighted by atomic mass is 10.0. The second kappa shape index (κ2) is 4.94. The average Bonchev–Trinajstić information content (AvgIpc) is 2.90. The lowest BCUT2D eigenvalue weighted by Gasteiger charge is -2.08. The van der Waals surface area contributed by atoms with Gasteiger partial charge < -0.3 is 0 Å². The summed E-state index contributed by atoms with van der Waals surface area (Å²) in [7, 11) is -3.90. The van der Waals surface area contributed by atoms with E-state index < -0.39 is 10.0 Å². The average molecular weight is 302 g/mol. The first kappa shape index (κ1) is 13.7. The van der Waals surface area contributed by atoms with E-state index in [0.717, 1.165) is 16.3 Å². The zero-order valence-corrected chi connectivity index (χ0v) is 12.2. The van der Waals surface area contributed by atoms with Crippen LogP contribution in [0.1, 0.15) is 6.92 Å². The second-order valence-electron chi connectivity index (χ2n) is 4.62. The van der Waals surface area contributed by atoms with Gasteiger partial charge in [0, 0.05) is 12.1 Å². The topological polar surface area (TPSA) is 90.9 Å². The van der Waals surface area contributed by atoms with Crippen molar-refractivity contribution < 1.29 is 8.42 Å². The number of fused-ring (bicyclic) bond motifs is 1. The van der Waals surface area contributed by atoms with Crippen LogP contribution in [0.5, 0.6) is 0 Å². The van der Waals surface area contributed by atoms with E-state index in [1.165, 1.54) is 4.57 Å². The van der Waals surface area contributed by atoms with Gasteiger partial charge in [0.1, 0.15) is 0 Å². The van der Waals surface area contributed by atoms with Gasteiger partial charge in [-0.3, -0.25) is 4.57 Å². The Morgan fingerprint density at radius 3 is 2.52 bits per heavy atom. The van der Waals surface area contributed by atoms with E-state index in [9.17, 15) is 8.42 Å². The Hall–Kier alpha value is -2.25. The van der Waals surface area contributed by atoms with E-state index in [0.29, 0.717) is 12.4 Å². The maximum absolute atomic E-state index is 11.6. The van der Waals surface area contributed by atoms with Gasteiger partial charge in [0.25, 0.3) is 15.2 Å². The Labute approximate surface area is 122 Å². The minimum Gasteiger partial charge on any atom is -0.297 e. The summed E-state index contributed by atoms with van der Waals surface area (Å²) < 4.78 is 24.7. The summed E-state index contributed by atoms with van der Waals surface area (Å²) in [5, 5.41) is 14.8. The molecule has 0 radical (unpaired) electrons. The summed E-state index contributed by atoms with van der Waals surface area (Å²) in [5.74, 6) is 0.498. The summed E-state index contributed by atoms with van der Waals surface area (Å²) >= 11 is 0. The highest BCUT2D eigenvalue weighted by Crippen LogP contribution is 2.28. The monoisotopic (exact) mass is 302 g/mol. The van der Waals surface area contributed by atoms with Crippen LogP contribution in [0.3, 0.4) is 0 Å². The van der Waals surface area contributed by atoms with Gasteiger partial charge in [0.2, 0.25) is 0 Å². The van der Waals surface area contributed by atoms with Gasteiger partial charge in [-0.2, -0.15) is 0 Å². The summed E-state index contributed by atoms with van der Waals surface area (Å²) in [4.78, 5) is 0. The van der Waals surface area contributed by atoms with Crippen molar-refractivity contribution in [2.24, 2.45) is 5.14 Å². The maximum atomic E-state index is 11.6. The fraction of sp³-hybridized carbons (Fsp3) is 0.143. The predicted molar refractivity (Wildman–Crippen MR) is 80.0 cm³/mol. The molecule has 0 amide bonds. The van der Waals surface area contributed by atoms with E-state index in [-0.39, 0.29) is 5.16 Å². The Morgan fingerprint density at radius 1 is 1.10 bits per heavy atom. The molecule has 0 aliphatic carbocycles. The molecule has 0 saturated heterocycles. The molecule has 1 heterocycles. The lowest BCUT2D eigenvalue weighted by molar-refractivity contribution is 0.571. The molecule has 0 bridgehead atoms. The quantitative estimate of drug-likeness (QED) is 0.798. The first-order chi connectivity index (χ1) is 10.0. The van der Waals surface area contributed by atoms with E-state index in [4.69, 9.17) is 5.14 Å². The molecule has 108 valence electrons. The van der Waals surface area contributed by atoms with Crippen molar-refractivity contribution in [1.82, 2.24) is 14.8 Å². The maximum Gasteiger partial charge on any atom is 0.273 e. The van der Waals surface area contributed by atoms with Crippen molar-refractivity contribution in [3.05, 3.63) is 42.5 Å². The molecule has 3 rings (SSSR count). The summed E-state index contributed by atoms with van der Waals surface area (Å²) in [6, 6.07) is 13.6. The van der Waals surface area contributed by atoms with E-state index in [2.05, 4.69) is 10.2 Å². The largest absolute Gasteiger partial charge is 0.297 e. The summed E-state index contributed by atoms with van der Waals surface area (Å²) in [6.07, 6.45) is 0. The Balaban J connectivity index is 2.32. The highest BCUT2D eigenvalue weighted by molar-refractivity contribution is 7.89. The fourth-order valence-corrected chi connectivity index (χ4v) is 3.08. The number of hydrogen-bond acceptors (Lipinski definition) is 4. The van der Waals surface area contributed by atoms with E-state index >= 15 is 0 Å². The van der Waals surface area contributed by atoms with Gasteiger partial charge in [-0.25, -0.2) is 13.6 Å². The molecular weight excluding hydrogens is 288 g/mol. The highest BCUT2D eigenvalue weighted by Gasteiger charge is 2.21. The van der Waals surface area contributed by atoms with Gasteiger partial charge in [0.15, 0.2) is 5.82 Å². The normalized spacial score (nSPS) is 11.9. The van der Waals surface area contributed by atoms with Crippen LogP contribution in [0.15, 0.2) is 47.6 Å². The standard InChI is InChI=1S/C14H14N4O2S/c1-2-18-13(16-17-14(18)21(15,19)20)12-9-5-7-10-6-3-4-8-11(10)12/h3-9H,2H2,1H3,(H2,15,19,20). The molecule has 7 heteroatoms. The van der Waals surface area contributed by atoms with Crippen LogP contribution in [-0.4, -0.2) is 23.2 Å². The number of primary sulfonamides is 1. The molecule has 6 nitrogen and oxygen atoms in total. The predicted octanol–water partition coefficient (Wildman–Crippen LogP) is 1.77. The number of nitrogens with zero attached hydrogens (tertiary/aromatic N) is 3. The number of benzene rings is 2. The molecule has 3 aromatic rings. The van der Waals surface area contributed by atoms with Crippen LogP contribution in [-0.2, 0) is 16.6 Å². The minimum absolute atomic E-state index is 0.215. The zero-order valence-electron chi connectivity index (χ0n) is 11.4. The van der Waals surface area contributed by atoms with Gasteiger partial charge in [-0.05, 0) is 17.7 Å². The van der Waals surface area contributed by atoms with Gasteiger partial charge >= 0.3 is 0 Å². The third-order valence-corrected chi connectivity index (χ3v) is 4.13. The SMILES string of the molecule is CCn1c(-c2cccc3ccccc23)nnc1S(N)(=O)=O. The van der Waals surface area contributed by atoms with Crippen molar-refractivity contribution in [1.29, 1.82) is 0 Å². The van der Waals surface area contributed by atoms with Crippen LogP contribution in [0.4, 0.5) is 0 Å². The first-order valence-corrected chi connectivity index (χ1v) is 8.01. The molecule has 0 aliphatic rings. The van der Waals surface area contributed by atoms with Crippen LogP contribution in [0, 0.1) is 0 Å². The highest BCUT2D eigenvalue weighted by atomic mass is 32.2. The van der Waals surface area contributed by atoms with Crippen LogP contribution in [0.25, 0.3) is 22.2 Å². The zero-order chi connectivity index (χ0) is 15.0. The molecule has 0 aliphatic heterocycles. The Bertz CT molecular complexity index is 910. The van der Waals surface area contributed by atoms with Gasteiger partial charge in [-0.1, -0.05) is 42.5 Å². The van der Waals surface area contributed by atoms with Crippen molar-refractivity contribution in [3.63, 3.8) is 0 Å². The van der Waals surface area contributed by atoms with Crippen LogP contribution >= 0.6 is 0 Å². The number of aromatic nitrogens is 3. The molecule has 0 unspecified atom stereocenters. The third-order valence-electron chi connectivity index (χ3n) is 3.32. The number of sulfonamides is 1. The van der Waals surface area contributed by atoms with Crippen molar-refractivity contribution >= 4 is 20.8 Å². The minimum atomic E-state index is -3.90. The molecule has 2 N–H and O–H groups in total. The molecule has 0 atom stereocenters. The second-order valence-corrected chi connectivity index (χ2v) is 6.08. The lowest BCUT2D eigenvalue weighted by Crippen LogP contribution is -2.18. The molecular formula is C14H14N4O2S. The number of rotatable bonds is 3. The smallest absolute Gasteiger partial charge is 0.273 e. The first-order valence-electron chi connectivity index (χ1n) is 6.46. The number of hydrogen-bond donors (Lipinski definition) is 1. The summed E-state index contributed by atoms with van der Waals surface area (Å²) in [6.45, 7) is 2.24. The van der Waals surface area contributed by atoms with E-state index in [1.54, 1.807) is 0 Å². The summed E-state index contributed by atoms with van der Waals surface area (Å²) in [5.41, 5.74) is 0.831. The van der Waals surface area contributed by atoms with Crippen molar-refractivity contribution in [2.75, 3.05) is 0 Å². The van der Waals surface area contributed by atoms with Crippen LogP contribution in [0.2, 0.25) is 0 Å². The molecule has 1 aromatic heterocycles. The molecule has 2 aromatic carbocycles. The third kappa shape index (κ3) is 2.30. The fourth-order valence-electron chi connectivity index (χ4n) is 2.40. The molecule has 0 spiro atoms. The van der Waals surface area contributed by atoms with Crippen molar-refractivity contribution in [3.8, 4) is 11.4 Å². The molecule has 0 saturated carbocycles. The Kier molecular flexibility index (Phi) is 3.23. The van der Waals surface area contributed by atoms with Gasteiger partial charge in [-0.15, -0.1) is 10.2 Å². The molecule has 0 fully saturated rings. The number of nitrogens with two attached hydrogens (primary N) is 1.